The van der Waals surface area contributed by atoms with Crippen LogP contribution in [0.5, 0.6) is 0 Å². The molecule has 3 heteroatoms. The van der Waals surface area contributed by atoms with Crippen LogP contribution in [0.4, 0.5) is 0 Å². The van der Waals surface area contributed by atoms with E-state index in [0.29, 0.717) is 12.1 Å². The summed E-state index contributed by atoms with van der Waals surface area (Å²) in [5.74, 6) is 0.736. The lowest BCUT2D eigenvalue weighted by atomic mass is 10.0. The van der Waals surface area contributed by atoms with Gasteiger partial charge in [-0.3, -0.25) is 0 Å². The van der Waals surface area contributed by atoms with E-state index in [4.69, 9.17) is 5.73 Å². The molecule has 96 valence electrons. The molecule has 1 fully saturated rings. The van der Waals surface area contributed by atoms with Gasteiger partial charge in [-0.05, 0) is 45.8 Å². The second-order valence-corrected chi connectivity index (χ2v) is 5.64. The average Bonchev–Trinajstić information content (AvgIpc) is 2.26. The molecule has 0 aromatic heterocycles. The van der Waals surface area contributed by atoms with Gasteiger partial charge in [0.05, 0.1) is 0 Å². The number of likely N-dealkylation sites (tertiary alicyclic amines) is 1. The van der Waals surface area contributed by atoms with Crippen LogP contribution < -0.4 is 5.73 Å². The van der Waals surface area contributed by atoms with E-state index >= 15 is 0 Å². The van der Waals surface area contributed by atoms with Crippen molar-refractivity contribution in [3.05, 3.63) is 0 Å². The summed E-state index contributed by atoms with van der Waals surface area (Å²) in [6, 6.07) is 1.12. The lowest BCUT2D eigenvalue weighted by molar-refractivity contribution is 0.152. The minimum atomic E-state index is 0.448. The van der Waals surface area contributed by atoms with Gasteiger partial charge in [-0.15, -0.1) is 0 Å². The van der Waals surface area contributed by atoms with E-state index in [-0.39, 0.29) is 0 Å². The van der Waals surface area contributed by atoms with Gasteiger partial charge in [0.15, 0.2) is 0 Å². The highest BCUT2D eigenvalue weighted by Crippen LogP contribution is 2.10. The predicted octanol–water partition coefficient (Wildman–Crippen LogP) is 1.39. The molecule has 0 spiro atoms. The SMILES string of the molecule is CC(C)C(C)N(C)CCN1CCC(N)CC1. The van der Waals surface area contributed by atoms with Crippen LogP contribution >= 0.6 is 0 Å². The molecule has 2 N–H and O–H groups in total. The fourth-order valence-electron chi connectivity index (χ4n) is 2.19. The minimum absolute atomic E-state index is 0.448. The van der Waals surface area contributed by atoms with Gasteiger partial charge < -0.3 is 15.5 Å². The minimum Gasteiger partial charge on any atom is -0.328 e. The van der Waals surface area contributed by atoms with Crippen molar-refractivity contribution in [2.75, 3.05) is 33.2 Å². The van der Waals surface area contributed by atoms with Crippen LogP contribution in [0.2, 0.25) is 0 Å². The predicted molar refractivity (Wildman–Crippen MR) is 70.6 cm³/mol. The van der Waals surface area contributed by atoms with Crippen molar-refractivity contribution in [1.82, 2.24) is 9.80 Å². The van der Waals surface area contributed by atoms with Crippen LogP contribution in [-0.2, 0) is 0 Å². The standard InChI is InChI=1S/C13H29N3/c1-11(2)12(3)15(4)9-10-16-7-5-13(14)6-8-16/h11-13H,5-10,14H2,1-4H3. The fourth-order valence-corrected chi connectivity index (χ4v) is 2.19. The van der Waals surface area contributed by atoms with Crippen LogP contribution in [0.1, 0.15) is 33.6 Å². The fraction of sp³-hybridized carbons (Fsp3) is 1.00. The summed E-state index contributed by atoms with van der Waals surface area (Å²) in [5, 5.41) is 0. The second-order valence-electron chi connectivity index (χ2n) is 5.64. The maximum absolute atomic E-state index is 5.90. The lowest BCUT2D eigenvalue weighted by Gasteiger charge is -2.33. The van der Waals surface area contributed by atoms with E-state index < -0.39 is 0 Å². The van der Waals surface area contributed by atoms with E-state index in [2.05, 4.69) is 37.6 Å². The van der Waals surface area contributed by atoms with Crippen molar-refractivity contribution in [3.8, 4) is 0 Å². The molecule has 1 heterocycles. The van der Waals surface area contributed by atoms with Gasteiger partial charge in [0.25, 0.3) is 0 Å². The van der Waals surface area contributed by atoms with Gasteiger partial charge in [0, 0.05) is 25.2 Å². The van der Waals surface area contributed by atoms with Gasteiger partial charge in [-0.25, -0.2) is 0 Å². The van der Waals surface area contributed by atoms with Crippen LogP contribution in [0.25, 0.3) is 0 Å². The van der Waals surface area contributed by atoms with Crippen molar-refractivity contribution in [3.63, 3.8) is 0 Å². The number of piperidine rings is 1. The Morgan fingerprint density at radius 3 is 2.31 bits per heavy atom. The average molecular weight is 227 g/mol. The summed E-state index contributed by atoms with van der Waals surface area (Å²) in [6.07, 6.45) is 2.34. The zero-order valence-electron chi connectivity index (χ0n) is 11.4. The zero-order chi connectivity index (χ0) is 12.1. The zero-order valence-corrected chi connectivity index (χ0v) is 11.4. The van der Waals surface area contributed by atoms with Gasteiger partial charge in [-0.2, -0.15) is 0 Å². The highest BCUT2D eigenvalue weighted by atomic mass is 15.2. The largest absolute Gasteiger partial charge is 0.328 e. The Hall–Kier alpha value is -0.120. The summed E-state index contributed by atoms with van der Waals surface area (Å²) >= 11 is 0. The summed E-state index contributed by atoms with van der Waals surface area (Å²) in [4.78, 5) is 5.02. The number of rotatable bonds is 5. The van der Waals surface area contributed by atoms with Crippen molar-refractivity contribution >= 4 is 0 Å². The molecule has 3 nitrogen and oxygen atoms in total. The van der Waals surface area contributed by atoms with Gasteiger partial charge in [0.2, 0.25) is 0 Å². The van der Waals surface area contributed by atoms with Crippen molar-refractivity contribution in [2.45, 2.75) is 45.7 Å². The third kappa shape index (κ3) is 4.40. The Labute approximate surface area is 101 Å². The highest BCUT2D eigenvalue weighted by molar-refractivity contribution is 4.75. The molecule has 1 atom stereocenters. The van der Waals surface area contributed by atoms with Gasteiger partial charge in [0.1, 0.15) is 0 Å². The van der Waals surface area contributed by atoms with Crippen molar-refractivity contribution < 1.29 is 0 Å². The molecule has 1 rings (SSSR count). The molecule has 0 amide bonds. The van der Waals surface area contributed by atoms with E-state index in [1.807, 2.05) is 0 Å². The molecule has 0 bridgehead atoms. The Morgan fingerprint density at radius 2 is 1.81 bits per heavy atom. The molecule has 1 unspecified atom stereocenters. The summed E-state index contributed by atoms with van der Waals surface area (Å²) in [5.41, 5.74) is 5.90. The quantitative estimate of drug-likeness (QED) is 0.770. The molecular formula is C13H29N3. The molecule has 0 saturated carbocycles. The van der Waals surface area contributed by atoms with E-state index in [1.54, 1.807) is 0 Å². The maximum Gasteiger partial charge on any atom is 0.0109 e. The maximum atomic E-state index is 5.90. The Morgan fingerprint density at radius 1 is 1.25 bits per heavy atom. The van der Waals surface area contributed by atoms with Crippen LogP contribution in [0.3, 0.4) is 0 Å². The number of likely N-dealkylation sites (N-methyl/N-ethyl adjacent to an activating group) is 1. The van der Waals surface area contributed by atoms with E-state index in [1.165, 1.54) is 39.0 Å². The van der Waals surface area contributed by atoms with E-state index in [0.717, 1.165) is 5.92 Å². The number of hydrogen-bond donors (Lipinski definition) is 1. The first kappa shape index (κ1) is 13.9. The molecular weight excluding hydrogens is 198 g/mol. The van der Waals surface area contributed by atoms with Gasteiger partial charge in [-0.1, -0.05) is 13.8 Å². The first-order chi connectivity index (χ1) is 7.50. The summed E-state index contributed by atoms with van der Waals surface area (Å²) in [7, 11) is 2.24. The monoisotopic (exact) mass is 227 g/mol. The third-order valence-electron chi connectivity index (χ3n) is 4.06. The first-order valence-corrected chi connectivity index (χ1v) is 6.69. The van der Waals surface area contributed by atoms with Crippen molar-refractivity contribution in [1.29, 1.82) is 0 Å². The second kappa shape index (κ2) is 6.58. The molecule has 16 heavy (non-hydrogen) atoms. The Balaban J connectivity index is 2.19. The number of nitrogens with zero attached hydrogens (tertiary/aromatic N) is 2. The molecule has 0 aliphatic carbocycles. The first-order valence-electron chi connectivity index (χ1n) is 6.69. The smallest absolute Gasteiger partial charge is 0.0109 e. The third-order valence-corrected chi connectivity index (χ3v) is 4.06. The van der Waals surface area contributed by atoms with Crippen LogP contribution in [0.15, 0.2) is 0 Å². The molecule has 1 aliphatic rings. The number of hydrogen-bond acceptors (Lipinski definition) is 3. The molecule has 0 radical (unpaired) electrons. The van der Waals surface area contributed by atoms with Crippen LogP contribution in [-0.4, -0.2) is 55.1 Å². The molecule has 0 aromatic carbocycles. The lowest BCUT2D eigenvalue weighted by Crippen LogP contribution is -2.44. The van der Waals surface area contributed by atoms with Gasteiger partial charge >= 0.3 is 0 Å². The molecule has 0 aromatic rings. The summed E-state index contributed by atoms with van der Waals surface area (Å²) in [6.45, 7) is 11.6. The van der Waals surface area contributed by atoms with Crippen LogP contribution in [0, 0.1) is 5.92 Å². The van der Waals surface area contributed by atoms with E-state index in [9.17, 15) is 0 Å². The number of nitrogens with two attached hydrogens (primary N) is 1. The normalized spacial score (nSPS) is 21.9. The molecule has 1 aliphatic heterocycles. The summed E-state index contributed by atoms with van der Waals surface area (Å²) < 4.78 is 0. The molecule has 1 saturated heterocycles. The topological polar surface area (TPSA) is 32.5 Å². The van der Waals surface area contributed by atoms with Crippen molar-refractivity contribution in [2.24, 2.45) is 11.7 Å². The Kier molecular flexibility index (Phi) is 5.73. The Bertz CT molecular complexity index is 186. The highest BCUT2D eigenvalue weighted by Gasteiger charge is 2.17.